The summed E-state index contributed by atoms with van der Waals surface area (Å²) in [6.07, 6.45) is 5.78. The zero-order valence-electron chi connectivity index (χ0n) is 18.1. The summed E-state index contributed by atoms with van der Waals surface area (Å²) in [5.41, 5.74) is 1.38. The first-order valence-electron chi connectivity index (χ1n) is 10.2. The summed E-state index contributed by atoms with van der Waals surface area (Å²) >= 11 is 0. The number of hydrogen-bond donors (Lipinski definition) is 1. The van der Waals surface area contributed by atoms with E-state index in [2.05, 4.69) is 44.2 Å². The van der Waals surface area contributed by atoms with Gasteiger partial charge < -0.3 is 24.3 Å². The fraction of sp³-hybridized carbons (Fsp3) is 0.429. The Morgan fingerprint density at radius 3 is 2.87 bits per heavy atom. The number of ether oxygens (including phenoxy) is 1. The average Bonchev–Trinajstić information content (AvgIpc) is 3.35. The Kier molecular flexibility index (Phi) is 5.73. The quantitative estimate of drug-likeness (QED) is 0.646. The van der Waals surface area contributed by atoms with Gasteiger partial charge in [-0.15, -0.1) is 0 Å². The molecule has 0 saturated carbocycles. The summed E-state index contributed by atoms with van der Waals surface area (Å²) < 4.78 is 21.5. The summed E-state index contributed by atoms with van der Waals surface area (Å²) in [6, 6.07) is 1.67. The number of carbonyl (C=O) groups excluding carboxylic acids is 1. The smallest absolute Gasteiger partial charge is 0.262 e. The first kappa shape index (κ1) is 21.0. The van der Waals surface area contributed by atoms with Crippen molar-refractivity contribution in [2.24, 2.45) is 0 Å². The van der Waals surface area contributed by atoms with E-state index in [1.165, 1.54) is 16.7 Å². The van der Waals surface area contributed by atoms with Gasteiger partial charge in [0.15, 0.2) is 11.5 Å². The number of halogens is 1. The van der Waals surface area contributed by atoms with E-state index in [-0.39, 0.29) is 17.1 Å². The lowest BCUT2D eigenvalue weighted by molar-refractivity contribution is 0.102. The van der Waals surface area contributed by atoms with Crippen LogP contribution in [0.3, 0.4) is 0 Å². The Balaban J connectivity index is 1.57. The van der Waals surface area contributed by atoms with Gasteiger partial charge in [-0.3, -0.25) is 4.79 Å². The molecule has 9 nitrogen and oxygen atoms in total. The van der Waals surface area contributed by atoms with Crippen molar-refractivity contribution < 1.29 is 13.9 Å². The number of likely N-dealkylation sites (N-methyl/N-ethyl adjacent to an activating group) is 1. The highest BCUT2D eigenvalue weighted by molar-refractivity contribution is 6.05. The molecule has 1 N–H and O–H groups in total. The van der Waals surface area contributed by atoms with Crippen LogP contribution in [0, 0.1) is 12.7 Å². The second-order valence-electron chi connectivity index (χ2n) is 7.82. The predicted molar refractivity (Wildman–Crippen MR) is 115 cm³/mol. The zero-order chi connectivity index (χ0) is 22.1. The number of nitrogens with one attached hydrogen (secondary N) is 1. The number of hydrogen-bond acceptors (Lipinski definition) is 7. The van der Waals surface area contributed by atoms with Gasteiger partial charge in [0.2, 0.25) is 11.8 Å². The summed E-state index contributed by atoms with van der Waals surface area (Å²) in [4.78, 5) is 30.2. The van der Waals surface area contributed by atoms with Crippen LogP contribution >= 0.6 is 0 Å². The Morgan fingerprint density at radius 2 is 2.16 bits per heavy atom. The lowest BCUT2D eigenvalue weighted by Crippen LogP contribution is -2.32. The van der Waals surface area contributed by atoms with Gasteiger partial charge >= 0.3 is 0 Å². The molecule has 1 unspecified atom stereocenters. The fourth-order valence-electron chi connectivity index (χ4n) is 3.70. The van der Waals surface area contributed by atoms with Crippen LogP contribution in [-0.4, -0.2) is 70.0 Å². The number of imidazole rings is 1. The van der Waals surface area contributed by atoms with Crippen LogP contribution in [0.2, 0.25) is 0 Å². The van der Waals surface area contributed by atoms with Crippen molar-refractivity contribution in [2.75, 3.05) is 44.0 Å². The van der Waals surface area contributed by atoms with Crippen LogP contribution in [0.1, 0.15) is 29.4 Å². The number of aromatic nitrogens is 4. The maximum absolute atomic E-state index is 14.3. The second-order valence-corrected chi connectivity index (χ2v) is 7.82. The van der Waals surface area contributed by atoms with Crippen LogP contribution < -0.4 is 15.0 Å². The third-order valence-corrected chi connectivity index (χ3v) is 5.33. The van der Waals surface area contributed by atoms with E-state index < -0.39 is 11.7 Å². The zero-order valence-corrected chi connectivity index (χ0v) is 18.1. The van der Waals surface area contributed by atoms with E-state index in [0.717, 1.165) is 19.5 Å². The van der Waals surface area contributed by atoms with Crippen molar-refractivity contribution in [3.8, 4) is 5.88 Å². The molecule has 3 aromatic rings. The molecule has 1 fully saturated rings. The van der Waals surface area contributed by atoms with E-state index in [1.54, 1.807) is 19.3 Å². The Labute approximate surface area is 179 Å². The van der Waals surface area contributed by atoms with Crippen molar-refractivity contribution >= 4 is 23.2 Å². The molecular formula is C21H26FN7O2. The molecule has 4 rings (SSSR count). The minimum absolute atomic E-state index is 0.191. The molecule has 1 saturated heterocycles. The summed E-state index contributed by atoms with van der Waals surface area (Å²) in [5, 5.41) is 2.70. The third kappa shape index (κ3) is 4.29. The van der Waals surface area contributed by atoms with Crippen LogP contribution in [-0.2, 0) is 0 Å². The Bertz CT molecular complexity index is 1110. The van der Waals surface area contributed by atoms with Crippen molar-refractivity contribution in [3.05, 3.63) is 41.7 Å². The lowest BCUT2D eigenvalue weighted by Gasteiger charge is -2.21. The van der Waals surface area contributed by atoms with Gasteiger partial charge in [0.1, 0.15) is 5.56 Å². The average molecular weight is 427 g/mol. The highest BCUT2D eigenvalue weighted by Crippen LogP contribution is 2.24. The first-order valence-corrected chi connectivity index (χ1v) is 10.2. The monoisotopic (exact) mass is 427 g/mol. The highest BCUT2D eigenvalue weighted by atomic mass is 19.1. The summed E-state index contributed by atoms with van der Waals surface area (Å²) in [6.45, 7) is 5.61. The van der Waals surface area contributed by atoms with E-state index in [0.29, 0.717) is 30.0 Å². The number of fused-ring (bicyclic) bond motifs is 1. The Morgan fingerprint density at radius 1 is 1.35 bits per heavy atom. The van der Waals surface area contributed by atoms with E-state index in [9.17, 15) is 9.18 Å². The normalized spacial score (nSPS) is 16.3. The van der Waals surface area contributed by atoms with Crippen LogP contribution in [0.25, 0.3) is 5.65 Å². The van der Waals surface area contributed by atoms with Crippen molar-refractivity contribution in [3.63, 3.8) is 0 Å². The van der Waals surface area contributed by atoms with Crippen LogP contribution in [0.15, 0.2) is 24.7 Å². The van der Waals surface area contributed by atoms with Gasteiger partial charge in [0.25, 0.3) is 5.91 Å². The molecule has 0 aliphatic carbocycles. The van der Waals surface area contributed by atoms with Gasteiger partial charge in [0.05, 0.1) is 18.0 Å². The fourth-order valence-corrected chi connectivity index (χ4v) is 3.70. The second kappa shape index (κ2) is 8.46. The van der Waals surface area contributed by atoms with E-state index >= 15 is 0 Å². The van der Waals surface area contributed by atoms with Crippen LogP contribution in [0.5, 0.6) is 5.88 Å². The van der Waals surface area contributed by atoms with E-state index in [4.69, 9.17) is 4.74 Å². The lowest BCUT2D eigenvalue weighted by atomic mass is 10.2. The van der Waals surface area contributed by atoms with Crippen molar-refractivity contribution in [1.82, 2.24) is 24.3 Å². The molecule has 1 amide bonds. The standard InChI is InChI=1S/C21H26FN7O2/c1-5-31-20-16(9-23-21(26-20)28-7-6-15(12-28)27(3)4)19(30)25-14-8-17(22)18-24-13(2)10-29(18)11-14/h8-11,15H,5-7,12H2,1-4H3,(H,25,30). The molecule has 1 atom stereocenters. The highest BCUT2D eigenvalue weighted by Gasteiger charge is 2.27. The van der Waals surface area contributed by atoms with Crippen molar-refractivity contribution in [2.45, 2.75) is 26.3 Å². The summed E-state index contributed by atoms with van der Waals surface area (Å²) in [7, 11) is 4.11. The van der Waals surface area contributed by atoms with Crippen LogP contribution in [0.4, 0.5) is 16.0 Å². The Hall–Kier alpha value is -3.27. The minimum Gasteiger partial charge on any atom is -0.477 e. The van der Waals surface area contributed by atoms with Gasteiger partial charge in [-0.05, 0) is 34.4 Å². The maximum Gasteiger partial charge on any atom is 0.262 e. The topological polar surface area (TPSA) is 87.9 Å². The molecule has 1 aliphatic heterocycles. The third-order valence-electron chi connectivity index (χ3n) is 5.33. The number of pyridine rings is 1. The largest absolute Gasteiger partial charge is 0.477 e. The maximum atomic E-state index is 14.3. The molecular weight excluding hydrogens is 401 g/mol. The number of amides is 1. The first-order chi connectivity index (χ1) is 14.9. The molecule has 4 heterocycles. The number of rotatable bonds is 6. The van der Waals surface area contributed by atoms with Gasteiger partial charge in [-0.25, -0.2) is 14.4 Å². The molecule has 31 heavy (non-hydrogen) atoms. The minimum atomic E-state index is -0.521. The molecule has 0 radical (unpaired) electrons. The molecule has 10 heteroatoms. The van der Waals surface area contributed by atoms with Gasteiger partial charge in [0, 0.05) is 43.8 Å². The van der Waals surface area contributed by atoms with Gasteiger partial charge in [-0.1, -0.05) is 0 Å². The predicted octanol–water partition coefficient (Wildman–Crippen LogP) is 2.36. The number of aryl methyl sites for hydroxylation is 1. The molecule has 0 spiro atoms. The number of nitrogens with zero attached hydrogens (tertiary/aromatic N) is 6. The molecule has 164 valence electrons. The summed E-state index contributed by atoms with van der Waals surface area (Å²) in [5.74, 6) is -0.255. The SMILES string of the molecule is CCOc1nc(N2CCC(N(C)C)C2)ncc1C(=O)Nc1cc(F)c2nc(C)cn2c1. The number of carbonyl (C=O) groups is 1. The molecule has 3 aromatic heterocycles. The van der Waals surface area contributed by atoms with E-state index in [1.807, 2.05) is 6.92 Å². The molecule has 0 bridgehead atoms. The number of anilines is 2. The molecule has 0 aromatic carbocycles. The van der Waals surface area contributed by atoms with Gasteiger partial charge in [-0.2, -0.15) is 4.98 Å². The van der Waals surface area contributed by atoms with Crippen molar-refractivity contribution in [1.29, 1.82) is 0 Å². The molecule has 1 aliphatic rings.